The third kappa shape index (κ3) is 3.00. The Balaban J connectivity index is 2.37. The quantitative estimate of drug-likeness (QED) is 0.514. The second-order valence-corrected chi connectivity index (χ2v) is 4.75. The Bertz CT molecular complexity index is 706. The molecule has 0 aromatic heterocycles. The van der Waals surface area contributed by atoms with E-state index in [4.69, 9.17) is 5.73 Å². The second kappa shape index (κ2) is 5.62. The molecule has 21 heavy (non-hydrogen) atoms. The first-order chi connectivity index (χ1) is 9.90. The zero-order valence-corrected chi connectivity index (χ0v) is 11.7. The summed E-state index contributed by atoms with van der Waals surface area (Å²) in [6.07, 6.45) is 0. The van der Waals surface area contributed by atoms with Crippen LogP contribution in [0.25, 0.3) is 0 Å². The summed E-state index contributed by atoms with van der Waals surface area (Å²) < 4.78 is 0. The highest BCUT2D eigenvalue weighted by molar-refractivity contribution is 6.08. The Morgan fingerprint density at radius 3 is 2.38 bits per heavy atom. The summed E-state index contributed by atoms with van der Waals surface area (Å²) in [7, 11) is 0. The summed E-state index contributed by atoms with van der Waals surface area (Å²) in [5.41, 5.74) is 8.36. The Kier molecular flexibility index (Phi) is 3.89. The molecule has 0 aliphatic carbocycles. The van der Waals surface area contributed by atoms with E-state index < -0.39 is 10.8 Å². The van der Waals surface area contributed by atoms with Crippen molar-refractivity contribution in [3.8, 4) is 0 Å². The number of nitrogen functional groups attached to an aromatic ring is 1. The largest absolute Gasteiger partial charge is 0.398 e. The number of aryl methyl sites for hydroxylation is 2. The highest BCUT2D eigenvalue weighted by atomic mass is 16.6. The van der Waals surface area contributed by atoms with Crippen LogP contribution in [0.3, 0.4) is 0 Å². The molecule has 0 spiro atoms. The fourth-order valence-corrected chi connectivity index (χ4v) is 2.05. The van der Waals surface area contributed by atoms with Crippen molar-refractivity contribution in [1.82, 2.24) is 0 Å². The van der Waals surface area contributed by atoms with Crippen molar-refractivity contribution >= 4 is 23.0 Å². The molecule has 0 heterocycles. The lowest BCUT2D eigenvalue weighted by Crippen LogP contribution is -2.16. The number of anilines is 2. The lowest BCUT2D eigenvalue weighted by atomic mass is 10.1. The van der Waals surface area contributed by atoms with Gasteiger partial charge in [-0.05, 0) is 31.0 Å². The fourth-order valence-electron chi connectivity index (χ4n) is 2.05. The minimum Gasteiger partial charge on any atom is -0.398 e. The summed E-state index contributed by atoms with van der Waals surface area (Å²) >= 11 is 0. The molecule has 3 N–H and O–H groups in total. The average Bonchev–Trinajstić information content (AvgIpc) is 2.43. The topological polar surface area (TPSA) is 98.3 Å². The van der Waals surface area contributed by atoms with Crippen molar-refractivity contribution in [2.45, 2.75) is 13.8 Å². The minimum absolute atomic E-state index is 0.0897. The maximum atomic E-state index is 12.3. The zero-order valence-electron chi connectivity index (χ0n) is 11.7. The number of hydrogen-bond acceptors (Lipinski definition) is 4. The van der Waals surface area contributed by atoms with Crippen LogP contribution in [0, 0.1) is 24.0 Å². The molecule has 0 saturated carbocycles. The number of hydrogen-bond donors (Lipinski definition) is 2. The molecule has 0 unspecified atom stereocenters. The molecule has 0 radical (unpaired) electrons. The first kappa shape index (κ1) is 14.5. The van der Waals surface area contributed by atoms with E-state index in [1.807, 2.05) is 32.0 Å². The molecule has 0 saturated heterocycles. The standard InChI is InChI=1S/C15H15N3O3/c1-9-4-3-5-10(2)14(9)17-15(19)12-8-11(18(20)21)6-7-13(12)16/h3-8H,16H2,1-2H3,(H,17,19). The maximum Gasteiger partial charge on any atom is 0.270 e. The van der Waals surface area contributed by atoms with Crippen LogP contribution in [-0.2, 0) is 0 Å². The van der Waals surface area contributed by atoms with E-state index in [-0.39, 0.29) is 16.9 Å². The van der Waals surface area contributed by atoms with E-state index >= 15 is 0 Å². The monoisotopic (exact) mass is 285 g/mol. The lowest BCUT2D eigenvalue weighted by Gasteiger charge is -2.12. The van der Waals surface area contributed by atoms with Crippen molar-refractivity contribution in [3.63, 3.8) is 0 Å². The van der Waals surface area contributed by atoms with Gasteiger partial charge in [-0.25, -0.2) is 0 Å². The van der Waals surface area contributed by atoms with Gasteiger partial charge >= 0.3 is 0 Å². The number of benzene rings is 2. The van der Waals surface area contributed by atoms with Gasteiger partial charge in [0, 0.05) is 23.5 Å². The SMILES string of the molecule is Cc1cccc(C)c1NC(=O)c1cc([N+](=O)[O-])ccc1N. The molecule has 0 aliphatic rings. The molecule has 108 valence electrons. The number of nitro groups is 1. The van der Waals surface area contributed by atoms with E-state index in [0.717, 1.165) is 11.1 Å². The molecular formula is C15H15N3O3. The molecule has 2 rings (SSSR count). The Labute approximate surface area is 121 Å². The lowest BCUT2D eigenvalue weighted by molar-refractivity contribution is -0.384. The maximum absolute atomic E-state index is 12.3. The van der Waals surface area contributed by atoms with Crippen LogP contribution in [-0.4, -0.2) is 10.8 Å². The van der Waals surface area contributed by atoms with E-state index in [1.54, 1.807) is 0 Å². The predicted molar refractivity (Wildman–Crippen MR) is 81.4 cm³/mol. The Morgan fingerprint density at radius 2 is 1.81 bits per heavy atom. The van der Waals surface area contributed by atoms with E-state index in [9.17, 15) is 14.9 Å². The van der Waals surface area contributed by atoms with Crippen molar-refractivity contribution in [2.24, 2.45) is 0 Å². The van der Waals surface area contributed by atoms with Gasteiger partial charge in [-0.15, -0.1) is 0 Å². The van der Waals surface area contributed by atoms with Gasteiger partial charge in [0.25, 0.3) is 11.6 Å². The average molecular weight is 285 g/mol. The van der Waals surface area contributed by atoms with Crippen LogP contribution in [0.4, 0.5) is 17.1 Å². The number of nitrogens with one attached hydrogen (secondary N) is 1. The van der Waals surface area contributed by atoms with Crippen molar-refractivity contribution in [2.75, 3.05) is 11.1 Å². The molecular weight excluding hydrogens is 270 g/mol. The second-order valence-electron chi connectivity index (χ2n) is 4.75. The number of carbonyl (C=O) groups excluding carboxylic acids is 1. The summed E-state index contributed by atoms with van der Waals surface area (Å²) in [6, 6.07) is 9.45. The van der Waals surface area contributed by atoms with Crippen LogP contribution >= 0.6 is 0 Å². The highest BCUT2D eigenvalue weighted by Crippen LogP contribution is 2.24. The zero-order chi connectivity index (χ0) is 15.6. The normalized spacial score (nSPS) is 10.2. The van der Waals surface area contributed by atoms with Crippen molar-refractivity contribution in [1.29, 1.82) is 0 Å². The summed E-state index contributed by atoms with van der Waals surface area (Å²) in [4.78, 5) is 22.5. The predicted octanol–water partition coefficient (Wildman–Crippen LogP) is 3.05. The molecule has 0 atom stereocenters. The summed E-state index contributed by atoms with van der Waals surface area (Å²) in [5.74, 6) is -0.464. The molecule has 0 aliphatic heterocycles. The summed E-state index contributed by atoms with van der Waals surface area (Å²) in [6.45, 7) is 3.75. The van der Waals surface area contributed by atoms with E-state index in [1.165, 1.54) is 18.2 Å². The highest BCUT2D eigenvalue weighted by Gasteiger charge is 2.16. The first-order valence-corrected chi connectivity index (χ1v) is 6.31. The molecule has 0 bridgehead atoms. The number of rotatable bonds is 3. The smallest absolute Gasteiger partial charge is 0.270 e. The number of nitrogens with two attached hydrogens (primary N) is 1. The van der Waals surface area contributed by atoms with Crippen molar-refractivity contribution < 1.29 is 9.72 Å². The minimum atomic E-state index is -0.560. The molecule has 1 amide bonds. The number of para-hydroxylation sites is 1. The van der Waals surface area contributed by atoms with Crippen LogP contribution in [0.15, 0.2) is 36.4 Å². The van der Waals surface area contributed by atoms with Crippen molar-refractivity contribution in [3.05, 3.63) is 63.2 Å². The first-order valence-electron chi connectivity index (χ1n) is 6.31. The fraction of sp³-hybridized carbons (Fsp3) is 0.133. The number of nitrogens with zero attached hydrogens (tertiary/aromatic N) is 1. The van der Waals surface area contributed by atoms with Crippen LogP contribution in [0.5, 0.6) is 0 Å². The van der Waals surface area contributed by atoms with Crippen LogP contribution in [0.2, 0.25) is 0 Å². The van der Waals surface area contributed by atoms with E-state index in [0.29, 0.717) is 5.69 Å². The van der Waals surface area contributed by atoms with Crippen LogP contribution in [0.1, 0.15) is 21.5 Å². The number of carbonyl (C=O) groups is 1. The third-order valence-electron chi connectivity index (χ3n) is 3.21. The van der Waals surface area contributed by atoms with Gasteiger partial charge in [0.15, 0.2) is 0 Å². The number of non-ortho nitro benzene ring substituents is 1. The molecule has 2 aromatic rings. The molecule has 2 aromatic carbocycles. The molecule has 6 nitrogen and oxygen atoms in total. The van der Waals surface area contributed by atoms with Crippen LogP contribution < -0.4 is 11.1 Å². The Hall–Kier alpha value is -2.89. The van der Waals surface area contributed by atoms with Gasteiger partial charge < -0.3 is 11.1 Å². The van der Waals surface area contributed by atoms with Gasteiger partial charge in [0.2, 0.25) is 0 Å². The number of nitro benzene ring substituents is 1. The van der Waals surface area contributed by atoms with Gasteiger partial charge in [-0.1, -0.05) is 18.2 Å². The van der Waals surface area contributed by atoms with Gasteiger partial charge in [0.1, 0.15) is 0 Å². The summed E-state index contributed by atoms with van der Waals surface area (Å²) in [5, 5.41) is 13.5. The molecule has 6 heteroatoms. The Morgan fingerprint density at radius 1 is 1.19 bits per heavy atom. The van der Waals surface area contributed by atoms with E-state index in [2.05, 4.69) is 5.32 Å². The van der Waals surface area contributed by atoms with Gasteiger partial charge in [0.05, 0.1) is 10.5 Å². The number of amides is 1. The van der Waals surface area contributed by atoms with Gasteiger partial charge in [-0.3, -0.25) is 14.9 Å². The third-order valence-corrected chi connectivity index (χ3v) is 3.21. The molecule has 0 fully saturated rings. The van der Waals surface area contributed by atoms with Gasteiger partial charge in [-0.2, -0.15) is 0 Å².